The van der Waals surface area contributed by atoms with E-state index in [1.54, 1.807) is 12.3 Å². The molecule has 2 amide bonds. The third kappa shape index (κ3) is 5.31. The summed E-state index contributed by atoms with van der Waals surface area (Å²) in [7, 11) is 0. The average Bonchev–Trinajstić information content (AvgIpc) is 2.90. The minimum atomic E-state index is -0.234. The summed E-state index contributed by atoms with van der Waals surface area (Å²) in [5.74, 6) is 0.00760. The SMILES string of the molecule is C=CCN1CCN(C(=O)CCC)C[C@@H](Cc2ccc(-c3cccnc3)cc2)C1=O. The topological polar surface area (TPSA) is 53.5 Å². The zero-order valence-corrected chi connectivity index (χ0v) is 17.1. The fraction of sp³-hybridized carbons (Fsp3) is 0.375. The van der Waals surface area contributed by atoms with E-state index < -0.39 is 0 Å². The molecule has 5 heteroatoms. The van der Waals surface area contributed by atoms with Crippen molar-refractivity contribution in [2.45, 2.75) is 26.2 Å². The molecule has 0 N–H and O–H groups in total. The number of amides is 2. The molecular weight excluding hydrogens is 362 g/mol. The van der Waals surface area contributed by atoms with Crippen LogP contribution in [0.4, 0.5) is 0 Å². The number of benzene rings is 1. The number of carbonyl (C=O) groups excluding carboxylic acids is 2. The summed E-state index contributed by atoms with van der Waals surface area (Å²) in [6.45, 7) is 7.94. The van der Waals surface area contributed by atoms with Crippen molar-refractivity contribution in [1.29, 1.82) is 0 Å². The minimum Gasteiger partial charge on any atom is -0.340 e. The van der Waals surface area contributed by atoms with Crippen LogP contribution in [0.5, 0.6) is 0 Å². The van der Waals surface area contributed by atoms with Gasteiger partial charge < -0.3 is 9.80 Å². The summed E-state index contributed by atoms with van der Waals surface area (Å²) in [6, 6.07) is 12.2. The molecule has 0 radical (unpaired) electrons. The summed E-state index contributed by atoms with van der Waals surface area (Å²) in [6.07, 6.45) is 7.32. The van der Waals surface area contributed by atoms with Crippen molar-refractivity contribution in [3.8, 4) is 11.1 Å². The molecule has 5 nitrogen and oxygen atoms in total. The van der Waals surface area contributed by atoms with E-state index in [4.69, 9.17) is 0 Å². The molecule has 1 atom stereocenters. The number of hydrogen-bond acceptors (Lipinski definition) is 3. The molecule has 152 valence electrons. The summed E-state index contributed by atoms with van der Waals surface area (Å²) < 4.78 is 0. The Morgan fingerprint density at radius 2 is 2.00 bits per heavy atom. The predicted octanol–water partition coefficient (Wildman–Crippen LogP) is 3.56. The lowest BCUT2D eigenvalue weighted by atomic mass is 9.96. The van der Waals surface area contributed by atoms with Gasteiger partial charge in [-0.05, 0) is 35.6 Å². The second-order valence-corrected chi connectivity index (χ2v) is 7.50. The third-order valence-corrected chi connectivity index (χ3v) is 5.34. The van der Waals surface area contributed by atoms with Gasteiger partial charge in [-0.25, -0.2) is 0 Å². The highest BCUT2D eigenvalue weighted by molar-refractivity contribution is 5.82. The summed E-state index contributed by atoms with van der Waals surface area (Å²) in [4.78, 5) is 33.4. The van der Waals surface area contributed by atoms with Gasteiger partial charge in [-0.15, -0.1) is 6.58 Å². The third-order valence-electron chi connectivity index (χ3n) is 5.34. The van der Waals surface area contributed by atoms with E-state index in [-0.39, 0.29) is 17.7 Å². The van der Waals surface area contributed by atoms with E-state index in [0.717, 1.165) is 23.1 Å². The average molecular weight is 392 g/mol. The fourth-order valence-electron chi connectivity index (χ4n) is 3.78. The molecule has 2 heterocycles. The molecular formula is C24H29N3O2. The van der Waals surface area contributed by atoms with Crippen molar-refractivity contribution in [1.82, 2.24) is 14.8 Å². The first-order valence-electron chi connectivity index (χ1n) is 10.3. The zero-order chi connectivity index (χ0) is 20.6. The number of pyridine rings is 1. The molecule has 2 aromatic rings. The van der Waals surface area contributed by atoms with Crippen LogP contribution in [0.3, 0.4) is 0 Å². The molecule has 1 aromatic heterocycles. The molecule has 1 saturated heterocycles. The van der Waals surface area contributed by atoms with E-state index in [1.165, 1.54) is 0 Å². The van der Waals surface area contributed by atoms with E-state index >= 15 is 0 Å². The predicted molar refractivity (Wildman–Crippen MR) is 115 cm³/mol. The van der Waals surface area contributed by atoms with Crippen LogP contribution in [-0.2, 0) is 16.0 Å². The van der Waals surface area contributed by atoms with Gasteiger partial charge in [-0.3, -0.25) is 14.6 Å². The first-order chi connectivity index (χ1) is 14.1. The van der Waals surface area contributed by atoms with E-state index in [9.17, 15) is 9.59 Å². The number of aromatic nitrogens is 1. The molecule has 0 spiro atoms. The Hall–Kier alpha value is -2.95. The summed E-state index contributed by atoms with van der Waals surface area (Å²) in [5.41, 5.74) is 3.26. The van der Waals surface area contributed by atoms with E-state index in [2.05, 4.69) is 35.8 Å². The maximum absolute atomic E-state index is 13.1. The Bertz CT molecular complexity index is 833. The van der Waals surface area contributed by atoms with Gasteiger partial charge in [0, 0.05) is 45.0 Å². The highest BCUT2D eigenvalue weighted by atomic mass is 16.2. The summed E-state index contributed by atoms with van der Waals surface area (Å²) in [5, 5.41) is 0. The lowest BCUT2D eigenvalue weighted by molar-refractivity contribution is -0.134. The second-order valence-electron chi connectivity index (χ2n) is 7.50. The monoisotopic (exact) mass is 391 g/mol. The molecule has 1 aliphatic heterocycles. The summed E-state index contributed by atoms with van der Waals surface area (Å²) >= 11 is 0. The van der Waals surface area contributed by atoms with Crippen molar-refractivity contribution < 1.29 is 9.59 Å². The molecule has 0 aliphatic carbocycles. The Kier molecular flexibility index (Phi) is 7.17. The van der Waals surface area contributed by atoms with Crippen LogP contribution in [0.25, 0.3) is 11.1 Å². The van der Waals surface area contributed by atoms with Gasteiger partial charge >= 0.3 is 0 Å². The van der Waals surface area contributed by atoms with Crippen LogP contribution in [0, 0.1) is 5.92 Å². The molecule has 29 heavy (non-hydrogen) atoms. The van der Waals surface area contributed by atoms with Gasteiger partial charge in [0.2, 0.25) is 11.8 Å². The van der Waals surface area contributed by atoms with Gasteiger partial charge in [0.15, 0.2) is 0 Å². The van der Waals surface area contributed by atoms with Gasteiger partial charge in [-0.1, -0.05) is 43.3 Å². The normalized spacial score (nSPS) is 17.1. The van der Waals surface area contributed by atoms with E-state index in [0.29, 0.717) is 39.0 Å². The minimum absolute atomic E-state index is 0.105. The highest BCUT2D eigenvalue weighted by Crippen LogP contribution is 2.22. The van der Waals surface area contributed by atoms with Crippen molar-refractivity contribution >= 4 is 11.8 Å². The number of nitrogens with zero attached hydrogens (tertiary/aromatic N) is 3. The van der Waals surface area contributed by atoms with Crippen LogP contribution in [0.1, 0.15) is 25.3 Å². The number of carbonyl (C=O) groups is 2. The van der Waals surface area contributed by atoms with Crippen LogP contribution in [0.15, 0.2) is 61.4 Å². The Balaban J connectivity index is 1.77. The van der Waals surface area contributed by atoms with Crippen molar-refractivity contribution in [2.75, 3.05) is 26.2 Å². The lowest BCUT2D eigenvalue weighted by Gasteiger charge is -2.23. The van der Waals surface area contributed by atoms with Crippen LogP contribution in [-0.4, -0.2) is 52.8 Å². The van der Waals surface area contributed by atoms with Crippen LogP contribution < -0.4 is 0 Å². The van der Waals surface area contributed by atoms with Crippen LogP contribution >= 0.6 is 0 Å². The quantitative estimate of drug-likeness (QED) is 0.678. The standard InChI is InChI=1S/C24H29N3O2/c1-3-6-23(28)27-15-14-26(13-4-2)24(29)22(18-27)16-19-8-10-20(11-9-19)21-7-5-12-25-17-21/h4-5,7-12,17,22H,2-3,6,13-16,18H2,1H3/t22-/m1/s1. The first kappa shape index (κ1) is 20.8. The van der Waals surface area contributed by atoms with Crippen molar-refractivity contribution in [3.63, 3.8) is 0 Å². The zero-order valence-electron chi connectivity index (χ0n) is 17.1. The highest BCUT2D eigenvalue weighted by Gasteiger charge is 2.31. The first-order valence-corrected chi connectivity index (χ1v) is 10.3. The molecule has 3 rings (SSSR count). The Labute approximate surface area is 173 Å². The smallest absolute Gasteiger partial charge is 0.228 e. The number of hydrogen-bond donors (Lipinski definition) is 0. The van der Waals surface area contributed by atoms with Gasteiger partial charge in [0.05, 0.1) is 5.92 Å². The maximum Gasteiger partial charge on any atom is 0.228 e. The lowest BCUT2D eigenvalue weighted by Crippen LogP contribution is -2.38. The molecule has 0 bridgehead atoms. The molecule has 1 aliphatic rings. The van der Waals surface area contributed by atoms with E-state index in [1.807, 2.05) is 35.1 Å². The molecule has 1 fully saturated rings. The number of rotatable bonds is 7. The molecule has 0 unspecified atom stereocenters. The maximum atomic E-state index is 13.1. The van der Waals surface area contributed by atoms with Gasteiger partial charge in [-0.2, -0.15) is 0 Å². The van der Waals surface area contributed by atoms with Crippen molar-refractivity contribution in [2.24, 2.45) is 5.92 Å². The van der Waals surface area contributed by atoms with Crippen molar-refractivity contribution in [3.05, 3.63) is 67.0 Å². The second kappa shape index (κ2) is 10.0. The largest absolute Gasteiger partial charge is 0.340 e. The van der Waals surface area contributed by atoms with Gasteiger partial charge in [0.25, 0.3) is 0 Å². The Morgan fingerprint density at radius 1 is 1.21 bits per heavy atom. The molecule has 0 saturated carbocycles. The Morgan fingerprint density at radius 3 is 2.66 bits per heavy atom. The van der Waals surface area contributed by atoms with Crippen LogP contribution in [0.2, 0.25) is 0 Å². The fourth-order valence-corrected chi connectivity index (χ4v) is 3.78. The molecule has 1 aromatic carbocycles. The van der Waals surface area contributed by atoms with Gasteiger partial charge in [0.1, 0.15) is 0 Å².